The van der Waals surface area contributed by atoms with Crippen molar-refractivity contribution in [3.8, 4) is 0 Å². The quantitative estimate of drug-likeness (QED) is 0.709. The Labute approximate surface area is 126 Å². The number of hydrogen-bond acceptors (Lipinski definition) is 3. The van der Waals surface area contributed by atoms with Gasteiger partial charge in [0.05, 0.1) is 0 Å². The lowest BCUT2D eigenvalue weighted by Crippen LogP contribution is -1.99. The lowest BCUT2D eigenvalue weighted by atomic mass is 10.2. The molecule has 0 bridgehead atoms. The van der Waals surface area contributed by atoms with Gasteiger partial charge >= 0.3 is 0 Å². The van der Waals surface area contributed by atoms with Crippen molar-refractivity contribution in [2.24, 2.45) is 0 Å². The molecule has 1 atom stereocenters. The highest BCUT2D eigenvalue weighted by Gasteiger charge is 2.15. The van der Waals surface area contributed by atoms with Crippen molar-refractivity contribution in [1.82, 2.24) is 0 Å². The Bertz CT molecular complexity index is 766. The third-order valence-electron chi connectivity index (χ3n) is 3.25. The summed E-state index contributed by atoms with van der Waals surface area (Å²) in [7, 11) is 0. The summed E-state index contributed by atoms with van der Waals surface area (Å²) in [5.74, 6) is 0.592. The first-order chi connectivity index (χ1) is 10.1. The zero-order chi connectivity index (χ0) is 14.8. The lowest BCUT2D eigenvalue weighted by Gasteiger charge is -2.07. The molecule has 3 aromatic rings. The van der Waals surface area contributed by atoms with Gasteiger partial charge in [0.1, 0.15) is 23.3 Å². The smallest absolute Gasteiger partial charge is 0.136 e. The second kappa shape index (κ2) is 5.92. The number of aliphatic hydroxyl groups excluding tert-OH is 1. The minimum atomic E-state index is -0.762. The topological polar surface area (TPSA) is 33.4 Å². The van der Waals surface area contributed by atoms with Gasteiger partial charge in [-0.2, -0.15) is 0 Å². The van der Waals surface area contributed by atoms with E-state index in [4.69, 9.17) is 4.42 Å². The van der Waals surface area contributed by atoms with Crippen molar-refractivity contribution in [3.63, 3.8) is 0 Å². The van der Waals surface area contributed by atoms with Gasteiger partial charge in [-0.05, 0) is 37.3 Å². The molecule has 21 heavy (non-hydrogen) atoms. The van der Waals surface area contributed by atoms with Crippen LogP contribution >= 0.6 is 11.8 Å². The summed E-state index contributed by atoms with van der Waals surface area (Å²) in [6.45, 7) is 2.01. The van der Waals surface area contributed by atoms with Crippen molar-refractivity contribution in [2.75, 3.05) is 5.75 Å². The van der Waals surface area contributed by atoms with Gasteiger partial charge < -0.3 is 9.52 Å². The number of benzene rings is 2. The number of fused-ring (bicyclic) bond motifs is 1. The van der Waals surface area contributed by atoms with Crippen LogP contribution in [-0.2, 0) is 0 Å². The summed E-state index contributed by atoms with van der Waals surface area (Å²) in [5, 5.41) is 11.2. The predicted octanol–water partition coefficient (Wildman–Crippen LogP) is 4.71. The molecule has 2 aromatic carbocycles. The summed E-state index contributed by atoms with van der Waals surface area (Å²) in [6.07, 6.45) is -0.762. The number of aryl methyl sites for hydroxylation is 1. The first-order valence-electron chi connectivity index (χ1n) is 6.69. The van der Waals surface area contributed by atoms with Gasteiger partial charge in [0.15, 0.2) is 0 Å². The largest absolute Gasteiger partial charge is 0.458 e. The molecule has 0 saturated carbocycles. The first kappa shape index (κ1) is 14.2. The maximum atomic E-state index is 13.5. The highest BCUT2D eigenvalue weighted by molar-refractivity contribution is 7.99. The molecule has 0 saturated heterocycles. The minimum Gasteiger partial charge on any atom is -0.458 e. The van der Waals surface area contributed by atoms with E-state index in [9.17, 15) is 9.50 Å². The molecule has 0 aliphatic rings. The molecule has 1 unspecified atom stereocenters. The number of halogens is 1. The number of rotatable bonds is 4. The SMILES string of the molecule is Cc1ccc2oc(C(O)CSc3ccccc3F)cc2c1. The van der Waals surface area contributed by atoms with Crippen LogP contribution in [0.2, 0.25) is 0 Å². The highest BCUT2D eigenvalue weighted by Crippen LogP contribution is 2.30. The number of hydrogen-bond donors (Lipinski definition) is 1. The van der Waals surface area contributed by atoms with Gasteiger partial charge in [-0.15, -0.1) is 11.8 Å². The number of furan rings is 1. The van der Waals surface area contributed by atoms with Crippen molar-refractivity contribution >= 4 is 22.7 Å². The van der Waals surface area contributed by atoms with Crippen molar-refractivity contribution in [3.05, 3.63) is 65.7 Å². The fourth-order valence-electron chi connectivity index (χ4n) is 2.16. The average Bonchev–Trinajstić information content (AvgIpc) is 2.89. The minimum absolute atomic E-state index is 0.269. The van der Waals surface area contributed by atoms with Crippen LogP contribution in [0.4, 0.5) is 4.39 Å². The molecule has 3 rings (SSSR count). The van der Waals surface area contributed by atoms with Crippen molar-refractivity contribution < 1.29 is 13.9 Å². The molecule has 0 amide bonds. The zero-order valence-corrected chi connectivity index (χ0v) is 12.4. The summed E-state index contributed by atoms with van der Waals surface area (Å²) < 4.78 is 19.2. The second-order valence-corrected chi connectivity index (χ2v) is 6.01. The van der Waals surface area contributed by atoms with Crippen LogP contribution in [0, 0.1) is 12.7 Å². The van der Waals surface area contributed by atoms with Crippen LogP contribution in [0.25, 0.3) is 11.0 Å². The Kier molecular flexibility index (Phi) is 3.99. The molecule has 0 aliphatic carbocycles. The van der Waals surface area contributed by atoms with E-state index in [0.29, 0.717) is 16.4 Å². The van der Waals surface area contributed by atoms with Gasteiger partial charge in [-0.3, -0.25) is 0 Å². The van der Waals surface area contributed by atoms with E-state index < -0.39 is 6.10 Å². The van der Waals surface area contributed by atoms with Gasteiger partial charge in [-0.1, -0.05) is 23.8 Å². The van der Waals surface area contributed by atoms with E-state index in [0.717, 1.165) is 16.5 Å². The number of aliphatic hydroxyl groups is 1. The fourth-order valence-corrected chi connectivity index (χ4v) is 3.04. The highest BCUT2D eigenvalue weighted by atomic mass is 32.2. The summed E-state index contributed by atoms with van der Waals surface area (Å²) in [6, 6.07) is 14.3. The standard InChI is InChI=1S/C17H15FO2S/c1-11-6-7-15-12(8-11)9-16(20-15)14(19)10-21-17-5-3-2-4-13(17)18/h2-9,14,19H,10H2,1H3. The average molecular weight is 302 g/mol. The van der Waals surface area contributed by atoms with E-state index in [-0.39, 0.29) is 5.82 Å². The molecule has 1 aromatic heterocycles. The molecule has 4 heteroatoms. The third kappa shape index (κ3) is 3.12. The summed E-state index contributed by atoms with van der Waals surface area (Å²) in [4.78, 5) is 0.531. The molecule has 1 N–H and O–H groups in total. The molecule has 0 radical (unpaired) electrons. The van der Waals surface area contributed by atoms with Gasteiger partial charge in [-0.25, -0.2) is 4.39 Å². The maximum absolute atomic E-state index is 13.5. The summed E-state index contributed by atoms with van der Waals surface area (Å²) >= 11 is 1.28. The molecule has 2 nitrogen and oxygen atoms in total. The second-order valence-electron chi connectivity index (χ2n) is 4.95. The van der Waals surface area contributed by atoms with Crippen LogP contribution in [0.15, 0.2) is 57.8 Å². The first-order valence-corrected chi connectivity index (χ1v) is 7.67. The molecular weight excluding hydrogens is 287 g/mol. The predicted molar refractivity (Wildman–Crippen MR) is 83.0 cm³/mol. The maximum Gasteiger partial charge on any atom is 0.136 e. The molecular formula is C17H15FO2S. The van der Waals surface area contributed by atoms with E-state index in [1.54, 1.807) is 18.2 Å². The van der Waals surface area contributed by atoms with Gasteiger partial charge in [0, 0.05) is 16.0 Å². The van der Waals surface area contributed by atoms with Crippen LogP contribution in [0.3, 0.4) is 0 Å². The van der Waals surface area contributed by atoms with Crippen molar-refractivity contribution in [1.29, 1.82) is 0 Å². The zero-order valence-electron chi connectivity index (χ0n) is 11.5. The molecule has 0 aliphatic heterocycles. The van der Waals surface area contributed by atoms with Gasteiger partial charge in [0.25, 0.3) is 0 Å². The summed E-state index contributed by atoms with van der Waals surface area (Å²) in [5.41, 5.74) is 1.90. The fraction of sp³-hybridized carbons (Fsp3) is 0.176. The monoisotopic (exact) mass is 302 g/mol. The van der Waals surface area contributed by atoms with E-state index in [1.807, 2.05) is 31.2 Å². The van der Waals surface area contributed by atoms with E-state index in [1.165, 1.54) is 17.8 Å². The van der Waals surface area contributed by atoms with Crippen LogP contribution in [-0.4, -0.2) is 10.9 Å². The Morgan fingerprint density at radius 3 is 2.81 bits per heavy atom. The molecule has 0 spiro atoms. The Morgan fingerprint density at radius 2 is 2.00 bits per heavy atom. The third-order valence-corrected chi connectivity index (χ3v) is 4.38. The molecule has 0 fully saturated rings. The Hall–Kier alpha value is -1.78. The van der Waals surface area contributed by atoms with E-state index in [2.05, 4.69) is 0 Å². The Balaban J connectivity index is 1.75. The number of thioether (sulfide) groups is 1. The van der Waals surface area contributed by atoms with Crippen LogP contribution in [0.5, 0.6) is 0 Å². The van der Waals surface area contributed by atoms with Crippen LogP contribution in [0.1, 0.15) is 17.4 Å². The Morgan fingerprint density at radius 1 is 1.19 bits per heavy atom. The van der Waals surface area contributed by atoms with Crippen LogP contribution < -0.4 is 0 Å². The van der Waals surface area contributed by atoms with Gasteiger partial charge in [0.2, 0.25) is 0 Å². The normalized spacial score (nSPS) is 12.7. The van der Waals surface area contributed by atoms with E-state index >= 15 is 0 Å². The van der Waals surface area contributed by atoms with Crippen molar-refractivity contribution in [2.45, 2.75) is 17.9 Å². The molecule has 108 valence electrons. The lowest BCUT2D eigenvalue weighted by molar-refractivity contribution is 0.176. The molecule has 1 heterocycles.